The van der Waals surface area contributed by atoms with E-state index in [1.54, 1.807) is 0 Å². The lowest BCUT2D eigenvalue weighted by Gasteiger charge is -2.20. The van der Waals surface area contributed by atoms with Crippen LogP contribution in [0.15, 0.2) is 30.3 Å². The molecule has 27 heavy (non-hydrogen) atoms. The number of unbranched alkanes of at least 4 members (excludes halogenated alkanes) is 11. The summed E-state index contributed by atoms with van der Waals surface area (Å²) < 4.78 is 6.15. The van der Waals surface area contributed by atoms with Crippen molar-refractivity contribution in [3.05, 3.63) is 30.3 Å². The van der Waals surface area contributed by atoms with Crippen LogP contribution in [0.3, 0.4) is 0 Å². The summed E-state index contributed by atoms with van der Waals surface area (Å²) in [5, 5.41) is 0. The molecule has 0 aromatic heterocycles. The molecule has 0 aliphatic carbocycles. The number of hydrogen-bond donors (Lipinski definition) is 2. The molecule has 3 nitrogen and oxygen atoms in total. The largest absolute Gasteiger partial charge is 0.490 e. The first kappa shape index (κ1) is 24.0. The summed E-state index contributed by atoms with van der Waals surface area (Å²) in [4.78, 5) is 0. The fourth-order valence-corrected chi connectivity index (χ4v) is 3.55. The molecule has 1 atom stereocenters. The maximum absolute atomic E-state index is 6.15. The van der Waals surface area contributed by atoms with E-state index in [2.05, 4.69) is 6.92 Å². The molecule has 0 bridgehead atoms. The second-order valence-corrected chi connectivity index (χ2v) is 7.97. The minimum absolute atomic E-state index is 0.227. The van der Waals surface area contributed by atoms with E-state index in [9.17, 15) is 0 Å². The zero-order valence-corrected chi connectivity index (χ0v) is 17.7. The number of nitrogens with two attached hydrogens (primary N) is 2. The number of benzene rings is 1. The molecule has 1 unspecified atom stereocenters. The smallest absolute Gasteiger partial charge is 0.119 e. The third-order valence-electron chi connectivity index (χ3n) is 5.25. The molecule has 1 rings (SSSR count). The highest BCUT2D eigenvalue weighted by atomic mass is 16.5. The van der Waals surface area contributed by atoms with Crippen LogP contribution in [0.2, 0.25) is 0 Å². The topological polar surface area (TPSA) is 61.3 Å². The van der Waals surface area contributed by atoms with Crippen molar-refractivity contribution in [2.45, 2.75) is 116 Å². The van der Waals surface area contributed by atoms with Gasteiger partial charge in [0.2, 0.25) is 0 Å². The standard InChI is InChI=1S/C24H44N2O/c1-2-3-4-5-6-7-8-9-10-11-12-14-19-23(20-21-24(25)26)27-22-17-15-13-16-18-22/h13,15-18,23-24H,2-12,14,19-21,25-26H2,1H3. The summed E-state index contributed by atoms with van der Waals surface area (Å²) in [5.41, 5.74) is 11.4. The summed E-state index contributed by atoms with van der Waals surface area (Å²) in [7, 11) is 0. The van der Waals surface area contributed by atoms with Gasteiger partial charge in [-0.3, -0.25) is 0 Å². The van der Waals surface area contributed by atoms with E-state index < -0.39 is 0 Å². The van der Waals surface area contributed by atoms with Crippen LogP contribution in [0.5, 0.6) is 5.75 Å². The monoisotopic (exact) mass is 376 g/mol. The molecule has 0 radical (unpaired) electrons. The minimum atomic E-state index is -0.242. The lowest BCUT2D eigenvalue weighted by atomic mass is 10.0. The van der Waals surface area contributed by atoms with Crippen LogP contribution in [0.25, 0.3) is 0 Å². The molecule has 0 saturated heterocycles. The molecule has 0 amide bonds. The van der Waals surface area contributed by atoms with Gasteiger partial charge in [-0.1, -0.05) is 95.8 Å². The second-order valence-electron chi connectivity index (χ2n) is 7.97. The van der Waals surface area contributed by atoms with E-state index in [-0.39, 0.29) is 12.3 Å². The fraction of sp³-hybridized carbons (Fsp3) is 0.750. The van der Waals surface area contributed by atoms with E-state index in [1.807, 2.05) is 30.3 Å². The Morgan fingerprint density at radius 1 is 0.667 bits per heavy atom. The first-order valence-electron chi connectivity index (χ1n) is 11.4. The van der Waals surface area contributed by atoms with Gasteiger partial charge in [-0.2, -0.15) is 0 Å². The Morgan fingerprint density at radius 2 is 1.19 bits per heavy atom. The van der Waals surface area contributed by atoms with Gasteiger partial charge < -0.3 is 16.2 Å². The predicted molar refractivity (Wildman–Crippen MR) is 118 cm³/mol. The van der Waals surface area contributed by atoms with E-state index in [4.69, 9.17) is 16.2 Å². The quantitative estimate of drug-likeness (QED) is 0.225. The lowest BCUT2D eigenvalue weighted by Crippen LogP contribution is -2.32. The Balaban J connectivity index is 2.06. The number of para-hydroxylation sites is 1. The van der Waals surface area contributed by atoms with Gasteiger partial charge in [0.1, 0.15) is 5.75 Å². The Morgan fingerprint density at radius 3 is 1.70 bits per heavy atom. The summed E-state index contributed by atoms with van der Waals surface area (Å²) in [6, 6.07) is 10.1. The highest BCUT2D eigenvalue weighted by Crippen LogP contribution is 2.19. The third kappa shape index (κ3) is 14.6. The summed E-state index contributed by atoms with van der Waals surface area (Å²) in [5.74, 6) is 0.951. The Labute approximate surface area is 168 Å². The van der Waals surface area contributed by atoms with Gasteiger partial charge in [0.15, 0.2) is 0 Å². The van der Waals surface area contributed by atoms with Crippen molar-refractivity contribution in [1.29, 1.82) is 0 Å². The first-order valence-corrected chi connectivity index (χ1v) is 11.4. The SMILES string of the molecule is CCCCCCCCCCCCCCC(CCC(N)N)Oc1ccccc1. The molecule has 0 aliphatic heterocycles. The van der Waals surface area contributed by atoms with Gasteiger partial charge >= 0.3 is 0 Å². The average Bonchev–Trinajstić information content (AvgIpc) is 2.67. The fourth-order valence-electron chi connectivity index (χ4n) is 3.55. The zero-order valence-electron chi connectivity index (χ0n) is 17.7. The molecule has 156 valence electrons. The molecule has 0 aliphatic rings. The average molecular weight is 377 g/mol. The first-order chi connectivity index (χ1) is 13.2. The van der Waals surface area contributed by atoms with Crippen molar-refractivity contribution in [3.63, 3.8) is 0 Å². The molecular formula is C24H44N2O. The van der Waals surface area contributed by atoms with Crippen LogP contribution >= 0.6 is 0 Å². The Kier molecular flexibility index (Phi) is 15.2. The van der Waals surface area contributed by atoms with Crippen molar-refractivity contribution in [2.75, 3.05) is 0 Å². The number of ether oxygens (including phenoxy) is 1. The molecule has 0 fully saturated rings. The zero-order chi connectivity index (χ0) is 19.6. The van der Waals surface area contributed by atoms with Crippen LogP contribution in [0.4, 0.5) is 0 Å². The van der Waals surface area contributed by atoms with Crippen LogP contribution in [-0.2, 0) is 0 Å². The van der Waals surface area contributed by atoms with Crippen molar-refractivity contribution in [2.24, 2.45) is 11.5 Å². The molecule has 0 saturated carbocycles. The van der Waals surface area contributed by atoms with Crippen LogP contribution in [0.1, 0.15) is 103 Å². The minimum Gasteiger partial charge on any atom is -0.490 e. The molecule has 1 aromatic carbocycles. The Hall–Kier alpha value is -1.06. The molecule has 0 spiro atoms. The maximum atomic E-state index is 6.15. The molecule has 0 heterocycles. The van der Waals surface area contributed by atoms with E-state index in [0.717, 1.165) is 25.0 Å². The number of rotatable bonds is 18. The Bertz CT molecular complexity index is 422. The summed E-state index contributed by atoms with van der Waals surface area (Å²) in [6.07, 6.45) is 19.4. The van der Waals surface area contributed by atoms with Crippen molar-refractivity contribution < 1.29 is 4.74 Å². The van der Waals surface area contributed by atoms with E-state index >= 15 is 0 Å². The van der Waals surface area contributed by atoms with Crippen molar-refractivity contribution in [1.82, 2.24) is 0 Å². The number of hydrogen-bond acceptors (Lipinski definition) is 3. The van der Waals surface area contributed by atoms with Gasteiger partial charge in [-0.15, -0.1) is 0 Å². The van der Waals surface area contributed by atoms with Gasteiger partial charge in [0.05, 0.1) is 12.3 Å². The van der Waals surface area contributed by atoms with Gasteiger partial charge in [0, 0.05) is 0 Å². The highest BCUT2D eigenvalue weighted by molar-refractivity contribution is 5.21. The summed E-state index contributed by atoms with van der Waals surface area (Å²) in [6.45, 7) is 2.28. The van der Waals surface area contributed by atoms with Crippen molar-refractivity contribution >= 4 is 0 Å². The van der Waals surface area contributed by atoms with Crippen LogP contribution in [0, 0.1) is 0 Å². The van der Waals surface area contributed by atoms with Crippen LogP contribution in [-0.4, -0.2) is 12.3 Å². The molecule has 4 N–H and O–H groups in total. The summed E-state index contributed by atoms with van der Waals surface area (Å²) >= 11 is 0. The normalized spacial score (nSPS) is 12.4. The van der Waals surface area contributed by atoms with E-state index in [1.165, 1.54) is 77.0 Å². The van der Waals surface area contributed by atoms with Crippen molar-refractivity contribution in [3.8, 4) is 5.75 Å². The molecule has 1 aromatic rings. The third-order valence-corrected chi connectivity index (χ3v) is 5.25. The predicted octanol–water partition coefficient (Wildman–Crippen LogP) is 6.55. The van der Waals surface area contributed by atoms with E-state index in [0.29, 0.717) is 0 Å². The van der Waals surface area contributed by atoms with Gasteiger partial charge in [-0.25, -0.2) is 0 Å². The maximum Gasteiger partial charge on any atom is 0.119 e. The second kappa shape index (κ2) is 17.1. The van der Waals surface area contributed by atoms with Crippen LogP contribution < -0.4 is 16.2 Å². The van der Waals surface area contributed by atoms with Gasteiger partial charge in [-0.05, 0) is 37.8 Å². The molecular weight excluding hydrogens is 332 g/mol. The molecule has 3 heteroatoms. The highest BCUT2D eigenvalue weighted by Gasteiger charge is 2.11. The van der Waals surface area contributed by atoms with Gasteiger partial charge in [0.25, 0.3) is 0 Å². The lowest BCUT2D eigenvalue weighted by molar-refractivity contribution is 0.171.